The number of nitrogens with one attached hydrogen (secondary N) is 2. The number of hydrogen-bond acceptors (Lipinski definition) is 6. The first-order chi connectivity index (χ1) is 9.74. The Morgan fingerprint density at radius 3 is 2.90 bits per heavy atom. The SMILES string of the molecule is Nc1nonc1C(=O)Nc1cccc(-c2ccn[nH]2)c1. The highest BCUT2D eigenvalue weighted by Gasteiger charge is 2.16. The minimum Gasteiger partial charge on any atom is -0.379 e. The standard InChI is InChI=1S/C12H10N6O2/c13-11-10(17-20-18-11)12(19)15-8-3-1-2-7(6-8)9-4-5-14-16-9/h1-6H,(H2,13,18)(H,14,16)(H,15,19). The first-order valence-electron chi connectivity index (χ1n) is 5.73. The van der Waals surface area contributed by atoms with Gasteiger partial charge in [-0.3, -0.25) is 9.89 Å². The zero-order valence-electron chi connectivity index (χ0n) is 10.2. The Morgan fingerprint density at radius 1 is 1.30 bits per heavy atom. The van der Waals surface area contributed by atoms with Crippen molar-refractivity contribution < 1.29 is 9.42 Å². The highest BCUT2D eigenvalue weighted by Crippen LogP contribution is 2.20. The number of aromatic nitrogens is 4. The van der Waals surface area contributed by atoms with Gasteiger partial charge in [0.25, 0.3) is 5.91 Å². The van der Waals surface area contributed by atoms with E-state index in [4.69, 9.17) is 5.73 Å². The van der Waals surface area contributed by atoms with Crippen molar-refractivity contribution in [1.29, 1.82) is 0 Å². The molecule has 1 aromatic carbocycles. The lowest BCUT2D eigenvalue weighted by Crippen LogP contribution is -2.14. The molecule has 20 heavy (non-hydrogen) atoms. The van der Waals surface area contributed by atoms with E-state index >= 15 is 0 Å². The molecule has 0 unspecified atom stereocenters. The summed E-state index contributed by atoms with van der Waals surface area (Å²) in [6.45, 7) is 0. The van der Waals surface area contributed by atoms with E-state index in [1.54, 1.807) is 18.3 Å². The molecular formula is C12H10N6O2. The van der Waals surface area contributed by atoms with Gasteiger partial charge in [0.2, 0.25) is 11.5 Å². The van der Waals surface area contributed by atoms with Crippen molar-refractivity contribution in [3.63, 3.8) is 0 Å². The first kappa shape index (κ1) is 11.9. The smallest absolute Gasteiger partial charge is 0.281 e. The molecule has 8 heteroatoms. The highest BCUT2D eigenvalue weighted by molar-refractivity contribution is 6.05. The van der Waals surface area contributed by atoms with Gasteiger partial charge in [-0.25, -0.2) is 4.63 Å². The number of anilines is 2. The van der Waals surface area contributed by atoms with E-state index in [0.717, 1.165) is 11.3 Å². The molecule has 100 valence electrons. The van der Waals surface area contributed by atoms with E-state index in [2.05, 4.69) is 30.5 Å². The van der Waals surface area contributed by atoms with Crippen molar-refractivity contribution in [3.8, 4) is 11.3 Å². The number of nitrogens with two attached hydrogens (primary N) is 1. The van der Waals surface area contributed by atoms with Crippen LogP contribution in [0.4, 0.5) is 11.5 Å². The first-order valence-corrected chi connectivity index (χ1v) is 5.73. The van der Waals surface area contributed by atoms with Crippen LogP contribution >= 0.6 is 0 Å². The summed E-state index contributed by atoms with van der Waals surface area (Å²) in [4.78, 5) is 11.9. The molecule has 3 aromatic rings. The van der Waals surface area contributed by atoms with E-state index in [1.165, 1.54) is 0 Å². The third-order valence-electron chi connectivity index (χ3n) is 2.66. The Bertz CT molecular complexity index is 734. The van der Waals surface area contributed by atoms with Gasteiger partial charge in [-0.2, -0.15) is 5.10 Å². The van der Waals surface area contributed by atoms with Gasteiger partial charge in [-0.05, 0) is 28.5 Å². The van der Waals surface area contributed by atoms with Crippen LogP contribution in [0.3, 0.4) is 0 Å². The van der Waals surface area contributed by atoms with Crippen LogP contribution < -0.4 is 11.1 Å². The van der Waals surface area contributed by atoms with Gasteiger partial charge in [0, 0.05) is 17.4 Å². The lowest BCUT2D eigenvalue weighted by molar-refractivity contribution is 0.101. The fourth-order valence-corrected chi connectivity index (χ4v) is 1.72. The molecular weight excluding hydrogens is 260 g/mol. The Hall–Kier alpha value is -3.16. The minimum absolute atomic E-state index is 0.0445. The number of carbonyl (C=O) groups is 1. The predicted octanol–water partition coefficient (Wildman–Crippen LogP) is 1.29. The van der Waals surface area contributed by atoms with Crippen LogP contribution in [0.5, 0.6) is 0 Å². The number of aromatic amines is 1. The second kappa shape index (κ2) is 4.84. The number of carbonyl (C=O) groups excluding carboxylic acids is 1. The van der Waals surface area contributed by atoms with Gasteiger partial charge in [-0.1, -0.05) is 12.1 Å². The number of rotatable bonds is 3. The molecule has 1 amide bonds. The van der Waals surface area contributed by atoms with Crippen LogP contribution in [0.2, 0.25) is 0 Å². The van der Waals surface area contributed by atoms with Crippen LogP contribution in [0.15, 0.2) is 41.2 Å². The number of nitrogen functional groups attached to an aromatic ring is 1. The number of nitrogens with zero attached hydrogens (tertiary/aromatic N) is 3. The summed E-state index contributed by atoms with van der Waals surface area (Å²) in [5.74, 6) is -0.530. The van der Waals surface area contributed by atoms with Crippen molar-refractivity contribution in [1.82, 2.24) is 20.5 Å². The topological polar surface area (TPSA) is 123 Å². The van der Waals surface area contributed by atoms with E-state index in [9.17, 15) is 4.79 Å². The molecule has 0 aliphatic rings. The predicted molar refractivity (Wildman–Crippen MR) is 70.7 cm³/mol. The number of benzene rings is 1. The Labute approximate surface area is 112 Å². The fraction of sp³-hybridized carbons (Fsp3) is 0. The van der Waals surface area contributed by atoms with Gasteiger partial charge in [0.1, 0.15) is 0 Å². The van der Waals surface area contributed by atoms with Gasteiger partial charge < -0.3 is 11.1 Å². The highest BCUT2D eigenvalue weighted by atomic mass is 16.6. The number of hydrogen-bond donors (Lipinski definition) is 3. The number of H-pyrrole nitrogens is 1. The molecule has 0 spiro atoms. The number of amides is 1. The summed E-state index contributed by atoms with van der Waals surface area (Å²) < 4.78 is 4.39. The summed E-state index contributed by atoms with van der Waals surface area (Å²) in [5, 5.41) is 16.2. The molecule has 0 atom stereocenters. The maximum absolute atomic E-state index is 11.9. The monoisotopic (exact) mass is 270 g/mol. The minimum atomic E-state index is -0.481. The third kappa shape index (κ3) is 2.21. The quantitative estimate of drug-likeness (QED) is 0.659. The fourth-order valence-electron chi connectivity index (χ4n) is 1.72. The molecule has 4 N–H and O–H groups in total. The molecule has 0 saturated heterocycles. The van der Waals surface area contributed by atoms with E-state index in [-0.39, 0.29) is 11.5 Å². The lowest BCUT2D eigenvalue weighted by atomic mass is 10.1. The van der Waals surface area contributed by atoms with Gasteiger partial charge in [0.05, 0.1) is 5.69 Å². The second-order valence-electron chi connectivity index (χ2n) is 4.00. The van der Waals surface area contributed by atoms with Crippen molar-refractivity contribution in [3.05, 3.63) is 42.2 Å². The normalized spacial score (nSPS) is 10.4. The lowest BCUT2D eigenvalue weighted by Gasteiger charge is -2.05. The van der Waals surface area contributed by atoms with Crippen molar-refractivity contribution in [2.75, 3.05) is 11.1 Å². The van der Waals surface area contributed by atoms with Gasteiger partial charge >= 0.3 is 0 Å². The van der Waals surface area contributed by atoms with Crippen LogP contribution in [0, 0.1) is 0 Å². The van der Waals surface area contributed by atoms with E-state index in [1.807, 2.05) is 18.2 Å². The molecule has 0 fully saturated rings. The molecule has 0 aliphatic heterocycles. The largest absolute Gasteiger partial charge is 0.379 e. The van der Waals surface area contributed by atoms with Crippen LogP contribution in [0.1, 0.15) is 10.5 Å². The summed E-state index contributed by atoms with van der Waals surface area (Å²) in [5.41, 5.74) is 7.76. The molecule has 2 heterocycles. The Morgan fingerprint density at radius 2 is 2.20 bits per heavy atom. The van der Waals surface area contributed by atoms with E-state index in [0.29, 0.717) is 5.69 Å². The van der Waals surface area contributed by atoms with Crippen molar-refractivity contribution in [2.45, 2.75) is 0 Å². The maximum Gasteiger partial charge on any atom is 0.281 e. The Balaban J connectivity index is 1.83. The van der Waals surface area contributed by atoms with Gasteiger partial charge in [-0.15, -0.1) is 0 Å². The summed E-state index contributed by atoms with van der Waals surface area (Å²) in [7, 11) is 0. The molecule has 3 rings (SSSR count). The average molecular weight is 270 g/mol. The molecule has 0 bridgehead atoms. The van der Waals surface area contributed by atoms with Crippen LogP contribution in [0.25, 0.3) is 11.3 Å². The molecule has 0 aliphatic carbocycles. The van der Waals surface area contributed by atoms with Crippen LogP contribution in [-0.2, 0) is 0 Å². The van der Waals surface area contributed by atoms with E-state index < -0.39 is 5.91 Å². The van der Waals surface area contributed by atoms with Gasteiger partial charge in [0.15, 0.2) is 0 Å². The summed E-state index contributed by atoms with van der Waals surface area (Å²) in [6.07, 6.45) is 1.66. The van der Waals surface area contributed by atoms with Crippen molar-refractivity contribution in [2.24, 2.45) is 0 Å². The molecule has 0 saturated carbocycles. The average Bonchev–Trinajstić information content (AvgIpc) is 3.09. The zero-order chi connectivity index (χ0) is 13.9. The molecule has 2 aromatic heterocycles. The third-order valence-corrected chi connectivity index (χ3v) is 2.66. The Kier molecular flexibility index (Phi) is 2.88. The second-order valence-corrected chi connectivity index (χ2v) is 4.00. The summed E-state index contributed by atoms with van der Waals surface area (Å²) >= 11 is 0. The van der Waals surface area contributed by atoms with Crippen molar-refractivity contribution >= 4 is 17.4 Å². The molecule has 8 nitrogen and oxygen atoms in total. The summed E-state index contributed by atoms with van der Waals surface area (Å²) in [6, 6.07) is 9.10. The maximum atomic E-state index is 11.9. The van der Waals surface area contributed by atoms with Crippen LogP contribution in [-0.4, -0.2) is 26.4 Å². The zero-order valence-corrected chi connectivity index (χ0v) is 10.2. The molecule has 0 radical (unpaired) electrons.